The van der Waals surface area contributed by atoms with Gasteiger partial charge in [-0.2, -0.15) is 0 Å². The zero-order valence-corrected chi connectivity index (χ0v) is 18.9. The number of anilines is 1. The van der Waals surface area contributed by atoms with Gasteiger partial charge in [-0.05, 0) is 55.7 Å². The Morgan fingerprint density at radius 2 is 1.55 bits per heavy atom. The Morgan fingerprint density at radius 3 is 2.13 bits per heavy atom. The number of rotatable bonds is 8. The maximum absolute atomic E-state index is 13.3. The fraction of sp³-hybridized carbons (Fsp3) is 0.240. The molecule has 0 saturated heterocycles. The van der Waals surface area contributed by atoms with Crippen LogP contribution in [0, 0.1) is 6.92 Å². The molecular weight excluding hydrogens is 408 g/mol. The van der Waals surface area contributed by atoms with E-state index in [0.717, 1.165) is 21.9 Å². The lowest BCUT2D eigenvalue weighted by molar-refractivity contribution is -0.120. The Hall–Kier alpha value is -3.12. The van der Waals surface area contributed by atoms with Gasteiger partial charge in [0.25, 0.3) is 10.0 Å². The molecule has 0 heterocycles. The molecule has 0 aliphatic heterocycles. The normalized spacial score (nSPS) is 12.2. The second-order valence-electron chi connectivity index (χ2n) is 7.54. The molecule has 3 aromatic rings. The Morgan fingerprint density at radius 1 is 0.935 bits per heavy atom. The fourth-order valence-electron chi connectivity index (χ4n) is 3.29. The number of nitrogens with zero attached hydrogens (tertiary/aromatic N) is 1. The number of carbonyl (C=O) groups excluding carboxylic acids is 1. The number of sulfonamides is 1. The number of hydrogen-bond acceptors (Lipinski definition) is 3. The Bertz CT molecular complexity index is 1110. The van der Waals surface area contributed by atoms with E-state index < -0.39 is 10.0 Å². The third-order valence-electron chi connectivity index (χ3n) is 5.21. The van der Waals surface area contributed by atoms with Crippen molar-refractivity contribution in [1.82, 2.24) is 5.32 Å². The van der Waals surface area contributed by atoms with E-state index in [1.165, 1.54) is 17.7 Å². The minimum atomic E-state index is -3.90. The van der Waals surface area contributed by atoms with Crippen LogP contribution in [-0.2, 0) is 21.2 Å². The molecule has 0 aromatic heterocycles. The van der Waals surface area contributed by atoms with Crippen LogP contribution in [0.15, 0.2) is 83.8 Å². The lowest BCUT2D eigenvalue weighted by Gasteiger charge is -2.25. The van der Waals surface area contributed by atoms with Gasteiger partial charge in [0.05, 0.1) is 16.6 Å². The second-order valence-corrected chi connectivity index (χ2v) is 9.41. The first-order valence-corrected chi connectivity index (χ1v) is 11.8. The first kappa shape index (κ1) is 22.6. The number of benzene rings is 3. The summed E-state index contributed by atoms with van der Waals surface area (Å²) in [5.74, 6) is -0.368. The average Bonchev–Trinajstić information content (AvgIpc) is 2.78. The van der Waals surface area contributed by atoms with Gasteiger partial charge in [0.15, 0.2) is 0 Å². The number of hydrogen-bond donors (Lipinski definition) is 1. The van der Waals surface area contributed by atoms with E-state index in [2.05, 4.69) is 12.2 Å². The van der Waals surface area contributed by atoms with E-state index >= 15 is 0 Å². The van der Waals surface area contributed by atoms with Crippen LogP contribution in [0.5, 0.6) is 0 Å². The number of carbonyl (C=O) groups is 1. The zero-order chi connectivity index (χ0) is 22.4. The Labute approximate surface area is 184 Å². The van der Waals surface area contributed by atoms with Crippen molar-refractivity contribution in [3.05, 3.63) is 95.6 Å². The smallest absolute Gasteiger partial charge is 0.264 e. The van der Waals surface area contributed by atoms with Crippen molar-refractivity contribution >= 4 is 21.6 Å². The zero-order valence-electron chi connectivity index (χ0n) is 18.1. The molecule has 0 aliphatic carbocycles. The molecule has 0 aliphatic rings. The van der Waals surface area contributed by atoms with Gasteiger partial charge in [0.1, 0.15) is 6.54 Å². The lowest BCUT2D eigenvalue weighted by atomic mass is 10.1. The van der Waals surface area contributed by atoms with Crippen molar-refractivity contribution < 1.29 is 13.2 Å². The predicted molar refractivity (Wildman–Crippen MR) is 125 cm³/mol. The van der Waals surface area contributed by atoms with Gasteiger partial charge in [-0.3, -0.25) is 9.10 Å². The van der Waals surface area contributed by atoms with Crippen LogP contribution in [0.2, 0.25) is 0 Å². The molecule has 1 atom stereocenters. The van der Waals surface area contributed by atoms with Crippen LogP contribution >= 0.6 is 0 Å². The van der Waals surface area contributed by atoms with E-state index in [1.54, 1.807) is 30.3 Å². The first-order valence-electron chi connectivity index (χ1n) is 10.3. The lowest BCUT2D eigenvalue weighted by Crippen LogP contribution is -2.41. The summed E-state index contributed by atoms with van der Waals surface area (Å²) in [6, 6.07) is 23.1. The van der Waals surface area contributed by atoms with E-state index in [-0.39, 0.29) is 23.4 Å². The molecule has 0 unspecified atom stereocenters. The summed E-state index contributed by atoms with van der Waals surface area (Å²) < 4.78 is 27.8. The molecule has 0 spiro atoms. The van der Waals surface area contributed by atoms with Gasteiger partial charge in [-0.25, -0.2) is 8.42 Å². The van der Waals surface area contributed by atoms with E-state index in [9.17, 15) is 13.2 Å². The van der Waals surface area contributed by atoms with Crippen molar-refractivity contribution in [1.29, 1.82) is 0 Å². The molecule has 162 valence electrons. The Kier molecular flexibility index (Phi) is 7.13. The highest BCUT2D eigenvalue weighted by atomic mass is 32.2. The van der Waals surface area contributed by atoms with Gasteiger partial charge in [-0.15, -0.1) is 0 Å². The molecule has 3 rings (SSSR count). The summed E-state index contributed by atoms with van der Waals surface area (Å²) in [6.07, 6.45) is 0.948. The highest BCUT2D eigenvalue weighted by Gasteiger charge is 2.27. The Balaban J connectivity index is 1.84. The molecule has 0 bridgehead atoms. The maximum atomic E-state index is 13.3. The highest BCUT2D eigenvalue weighted by molar-refractivity contribution is 7.92. The van der Waals surface area contributed by atoms with Gasteiger partial charge in [-0.1, -0.05) is 67.1 Å². The molecule has 5 nitrogen and oxygen atoms in total. The molecule has 1 amide bonds. The molecular formula is C25H28N2O3S. The fourth-order valence-corrected chi connectivity index (χ4v) is 4.73. The molecule has 0 saturated carbocycles. The SMILES string of the molecule is CCc1ccc([C@@H](C)NC(=O)CN(c2ccc(C)cc2)S(=O)(=O)c2ccccc2)cc1. The summed E-state index contributed by atoms with van der Waals surface area (Å²) in [5, 5.41) is 2.92. The van der Waals surface area contributed by atoms with Crippen molar-refractivity contribution in [2.24, 2.45) is 0 Å². The summed E-state index contributed by atoms with van der Waals surface area (Å²) in [5.41, 5.74) is 3.65. The monoisotopic (exact) mass is 436 g/mol. The summed E-state index contributed by atoms with van der Waals surface area (Å²) in [6.45, 7) is 5.60. The minimum absolute atomic E-state index is 0.145. The van der Waals surface area contributed by atoms with Crippen LogP contribution in [0.1, 0.15) is 36.6 Å². The van der Waals surface area contributed by atoms with Crippen LogP contribution in [0.25, 0.3) is 0 Å². The number of amides is 1. The standard InChI is InChI=1S/C25H28N2O3S/c1-4-21-12-14-22(15-13-21)20(3)26-25(28)18-27(23-16-10-19(2)11-17-23)31(29,30)24-8-6-5-7-9-24/h5-17,20H,4,18H2,1-3H3,(H,26,28)/t20-/m1/s1. The highest BCUT2D eigenvalue weighted by Crippen LogP contribution is 2.24. The van der Waals surface area contributed by atoms with Crippen LogP contribution < -0.4 is 9.62 Å². The first-order chi connectivity index (χ1) is 14.8. The maximum Gasteiger partial charge on any atom is 0.264 e. The van der Waals surface area contributed by atoms with Gasteiger partial charge < -0.3 is 5.32 Å². The summed E-state index contributed by atoms with van der Waals surface area (Å²) in [7, 11) is -3.90. The third-order valence-corrected chi connectivity index (χ3v) is 6.99. The van der Waals surface area contributed by atoms with Crippen molar-refractivity contribution in [2.75, 3.05) is 10.8 Å². The van der Waals surface area contributed by atoms with Gasteiger partial charge in [0.2, 0.25) is 5.91 Å². The molecule has 31 heavy (non-hydrogen) atoms. The van der Waals surface area contributed by atoms with Gasteiger partial charge in [0, 0.05) is 0 Å². The largest absolute Gasteiger partial charge is 0.348 e. The van der Waals surface area contributed by atoms with E-state index in [0.29, 0.717) is 5.69 Å². The van der Waals surface area contributed by atoms with Crippen molar-refractivity contribution in [2.45, 2.75) is 38.1 Å². The third kappa shape index (κ3) is 5.52. The molecule has 0 fully saturated rings. The minimum Gasteiger partial charge on any atom is -0.348 e. The van der Waals surface area contributed by atoms with E-state index in [4.69, 9.17) is 0 Å². The van der Waals surface area contributed by atoms with Crippen LogP contribution in [-0.4, -0.2) is 20.9 Å². The van der Waals surface area contributed by atoms with Crippen LogP contribution in [0.4, 0.5) is 5.69 Å². The molecule has 3 aromatic carbocycles. The summed E-state index contributed by atoms with van der Waals surface area (Å²) in [4.78, 5) is 13.0. The molecule has 0 radical (unpaired) electrons. The van der Waals surface area contributed by atoms with E-state index in [1.807, 2.05) is 50.2 Å². The number of nitrogens with one attached hydrogen (secondary N) is 1. The van der Waals surface area contributed by atoms with Gasteiger partial charge >= 0.3 is 0 Å². The van der Waals surface area contributed by atoms with Crippen LogP contribution in [0.3, 0.4) is 0 Å². The number of aryl methyl sites for hydroxylation is 2. The molecule has 6 heteroatoms. The topological polar surface area (TPSA) is 66.5 Å². The quantitative estimate of drug-likeness (QED) is 0.560. The summed E-state index contributed by atoms with van der Waals surface area (Å²) >= 11 is 0. The predicted octanol–water partition coefficient (Wildman–Crippen LogP) is 4.63. The second kappa shape index (κ2) is 9.79. The average molecular weight is 437 g/mol. The van der Waals surface area contributed by atoms with Crippen molar-refractivity contribution in [3.8, 4) is 0 Å². The molecule has 1 N–H and O–H groups in total. The van der Waals surface area contributed by atoms with Crippen molar-refractivity contribution in [3.63, 3.8) is 0 Å².